The average molecular weight is 274 g/mol. The van der Waals surface area contributed by atoms with Gasteiger partial charge in [-0.05, 0) is 12.3 Å². The minimum absolute atomic E-state index is 0.00234. The summed E-state index contributed by atoms with van der Waals surface area (Å²) in [6, 6.07) is 1.95. The maximum Gasteiger partial charge on any atom is 0.223 e. The van der Waals surface area contributed by atoms with Crippen molar-refractivity contribution in [2.24, 2.45) is 5.92 Å². The summed E-state index contributed by atoms with van der Waals surface area (Å²) in [7, 11) is -1.55. The number of sulfone groups is 1. The van der Waals surface area contributed by atoms with E-state index >= 15 is 0 Å². The Bertz CT molecular complexity index is 396. The molecule has 0 atom stereocenters. The first kappa shape index (κ1) is 16.9. The first-order chi connectivity index (χ1) is 8.28. The highest BCUT2D eigenvalue weighted by molar-refractivity contribution is 7.91. The molecule has 0 aromatic rings. The first-order valence-electron chi connectivity index (χ1n) is 6.10. The summed E-state index contributed by atoms with van der Waals surface area (Å²) in [6.45, 7) is 4.29. The Morgan fingerprint density at radius 3 is 2.44 bits per heavy atom. The van der Waals surface area contributed by atoms with Crippen LogP contribution < -0.4 is 0 Å². The van der Waals surface area contributed by atoms with Gasteiger partial charge in [-0.1, -0.05) is 13.8 Å². The van der Waals surface area contributed by atoms with Gasteiger partial charge in [-0.3, -0.25) is 4.79 Å². The Morgan fingerprint density at radius 1 is 1.33 bits per heavy atom. The normalized spacial score (nSPS) is 11.3. The van der Waals surface area contributed by atoms with Gasteiger partial charge in [-0.25, -0.2) is 8.42 Å². The van der Waals surface area contributed by atoms with E-state index in [2.05, 4.69) is 0 Å². The number of hydrogen-bond acceptors (Lipinski definition) is 4. The van der Waals surface area contributed by atoms with Crippen molar-refractivity contribution in [2.45, 2.75) is 33.1 Å². The molecule has 0 radical (unpaired) electrons. The number of carbonyl (C=O) groups excluding carboxylic acids is 1. The zero-order chi connectivity index (χ0) is 14.2. The predicted octanol–water partition coefficient (Wildman–Crippen LogP) is 1.21. The molecular weight excluding hydrogens is 252 g/mol. The van der Waals surface area contributed by atoms with E-state index < -0.39 is 9.84 Å². The van der Waals surface area contributed by atoms with Crippen LogP contribution in [0.4, 0.5) is 0 Å². The van der Waals surface area contributed by atoms with Crippen LogP contribution in [0.15, 0.2) is 0 Å². The molecule has 18 heavy (non-hydrogen) atoms. The molecule has 0 saturated heterocycles. The first-order valence-corrected chi connectivity index (χ1v) is 7.92. The Balaban J connectivity index is 4.08. The smallest absolute Gasteiger partial charge is 0.223 e. The summed E-state index contributed by atoms with van der Waals surface area (Å²) in [5, 5.41) is 8.39. The molecule has 0 fully saturated rings. The fraction of sp³-hybridized carbons (Fsp3) is 0.833. The van der Waals surface area contributed by atoms with Crippen LogP contribution in [0.5, 0.6) is 0 Å². The number of amides is 1. The second-order valence-electron chi connectivity index (χ2n) is 4.81. The van der Waals surface area contributed by atoms with Crippen LogP contribution in [0.25, 0.3) is 0 Å². The van der Waals surface area contributed by atoms with Crippen LogP contribution >= 0.6 is 0 Å². The van der Waals surface area contributed by atoms with E-state index in [1.165, 1.54) is 4.90 Å². The zero-order valence-electron chi connectivity index (χ0n) is 11.3. The van der Waals surface area contributed by atoms with Gasteiger partial charge in [-0.2, -0.15) is 5.26 Å². The monoisotopic (exact) mass is 274 g/mol. The highest BCUT2D eigenvalue weighted by Gasteiger charge is 2.16. The minimum Gasteiger partial charge on any atom is -0.345 e. The fourth-order valence-corrected chi connectivity index (χ4v) is 2.81. The van der Waals surface area contributed by atoms with Crippen LogP contribution in [-0.4, -0.2) is 44.3 Å². The van der Waals surface area contributed by atoms with Gasteiger partial charge in [0, 0.05) is 20.0 Å². The lowest BCUT2D eigenvalue weighted by atomic mass is 10.2. The average Bonchev–Trinajstić information content (AvgIpc) is 2.30. The summed E-state index contributed by atoms with van der Waals surface area (Å²) in [4.78, 5) is 13.0. The molecule has 0 saturated carbocycles. The lowest BCUT2D eigenvalue weighted by molar-refractivity contribution is -0.129. The summed E-state index contributed by atoms with van der Waals surface area (Å²) < 4.78 is 23.3. The van der Waals surface area contributed by atoms with Crippen LogP contribution in [0.1, 0.15) is 33.1 Å². The molecular formula is C12H22N2O3S. The minimum atomic E-state index is -3.14. The number of carbonyl (C=O) groups is 1. The van der Waals surface area contributed by atoms with Gasteiger partial charge >= 0.3 is 0 Å². The second-order valence-corrected chi connectivity index (χ2v) is 7.11. The maximum atomic E-state index is 11.7. The quantitative estimate of drug-likeness (QED) is 0.666. The van der Waals surface area contributed by atoms with Crippen molar-refractivity contribution < 1.29 is 13.2 Å². The van der Waals surface area contributed by atoms with E-state index in [9.17, 15) is 13.2 Å². The molecule has 0 heterocycles. The van der Waals surface area contributed by atoms with Crippen LogP contribution in [0, 0.1) is 17.2 Å². The summed E-state index contributed by atoms with van der Waals surface area (Å²) >= 11 is 0. The van der Waals surface area contributed by atoms with Crippen molar-refractivity contribution in [3.63, 3.8) is 0 Å². The third-order valence-corrected chi connectivity index (χ3v) is 4.30. The summed E-state index contributed by atoms with van der Waals surface area (Å²) in [5.41, 5.74) is 0. The number of nitrogens with zero attached hydrogens (tertiary/aromatic N) is 2. The Kier molecular flexibility index (Phi) is 7.60. The van der Waals surface area contributed by atoms with E-state index in [0.717, 1.165) is 0 Å². The SMILES string of the molecule is CC(C)CCS(=O)(=O)CCC(=O)N(C)CCC#N. The zero-order valence-corrected chi connectivity index (χ0v) is 12.2. The lowest BCUT2D eigenvalue weighted by Crippen LogP contribution is -2.29. The molecule has 104 valence electrons. The third-order valence-electron chi connectivity index (χ3n) is 2.62. The van der Waals surface area contributed by atoms with Gasteiger partial charge < -0.3 is 4.90 Å². The van der Waals surface area contributed by atoms with Gasteiger partial charge in [0.25, 0.3) is 0 Å². The Morgan fingerprint density at radius 2 is 1.94 bits per heavy atom. The molecule has 0 rings (SSSR count). The van der Waals surface area contributed by atoms with Crippen molar-refractivity contribution in [3.8, 4) is 6.07 Å². The molecule has 0 unspecified atom stereocenters. The van der Waals surface area contributed by atoms with Gasteiger partial charge in [0.1, 0.15) is 0 Å². The highest BCUT2D eigenvalue weighted by Crippen LogP contribution is 2.05. The third kappa shape index (κ3) is 8.07. The van der Waals surface area contributed by atoms with E-state index in [1.807, 2.05) is 19.9 Å². The van der Waals surface area contributed by atoms with Gasteiger partial charge in [0.2, 0.25) is 5.91 Å². The molecule has 5 nitrogen and oxygen atoms in total. The topological polar surface area (TPSA) is 78.2 Å². The number of nitriles is 1. The fourth-order valence-electron chi connectivity index (χ4n) is 1.29. The summed E-state index contributed by atoms with van der Waals surface area (Å²) in [6.07, 6.45) is 0.894. The molecule has 0 aromatic heterocycles. The van der Waals surface area contributed by atoms with Crippen molar-refractivity contribution in [1.29, 1.82) is 5.26 Å². The predicted molar refractivity (Wildman–Crippen MR) is 70.6 cm³/mol. The lowest BCUT2D eigenvalue weighted by Gasteiger charge is -2.15. The molecule has 0 spiro atoms. The van der Waals surface area contributed by atoms with E-state index in [4.69, 9.17) is 5.26 Å². The van der Waals surface area contributed by atoms with Crippen molar-refractivity contribution >= 4 is 15.7 Å². The molecule has 0 aliphatic rings. The molecule has 0 N–H and O–H groups in total. The van der Waals surface area contributed by atoms with E-state index in [0.29, 0.717) is 18.9 Å². The molecule has 6 heteroatoms. The van der Waals surface area contributed by atoms with Gasteiger partial charge in [0.15, 0.2) is 9.84 Å². The molecule has 0 aliphatic heterocycles. The number of rotatable bonds is 8. The largest absolute Gasteiger partial charge is 0.345 e. The highest BCUT2D eigenvalue weighted by atomic mass is 32.2. The van der Waals surface area contributed by atoms with Crippen molar-refractivity contribution in [1.82, 2.24) is 4.90 Å². The van der Waals surface area contributed by atoms with Crippen molar-refractivity contribution in [3.05, 3.63) is 0 Å². The second kappa shape index (κ2) is 8.09. The molecule has 0 bridgehead atoms. The van der Waals surface area contributed by atoms with Crippen LogP contribution in [0.2, 0.25) is 0 Å². The van der Waals surface area contributed by atoms with Gasteiger partial charge in [0.05, 0.1) is 24.0 Å². The summed E-state index contributed by atoms with van der Waals surface area (Å²) in [5.74, 6) is 0.155. The molecule has 0 aromatic carbocycles. The Hall–Kier alpha value is -1.09. The molecule has 1 amide bonds. The molecule has 0 aliphatic carbocycles. The number of hydrogen-bond donors (Lipinski definition) is 0. The van der Waals surface area contributed by atoms with E-state index in [1.54, 1.807) is 7.05 Å². The van der Waals surface area contributed by atoms with Crippen LogP contribution in [-0.2, 0) is 14.6 Å². The van der Waals surface area contributed by atoms with Crippen molar-refractivity contribution in [2.75, 3.05) is 25.1 Å². The van der Waals surface area contributed by atoms with Gasteiger partial charge in [-0.15, -0.1) is 0 Å². The standard InChI is InChI=1S/C12H22N2O3S/c1-11(2)5-9-18(16,17)10-6-12(15)14(3)8-4-7-13/h11H,4-6,8-10H2,1-3H3. The van der Waals surface area contributed by atoms with Crippen LogP contribution in [0.3, 0.4) is 0 Å². The Labute approximate surface area is 110 Å². The maximum absolute atomic E-state index is 11.7. The van der Waals surface area contributed by atoms with E-state index in [-0.39, 0.29) is 30.3 Å².